The second-order valence-corrected chi connectivity index (χ2v) is 10.9. The first-order valence-electron chi connectivity index (χ1n) is 14.3. The molecule has 6 rings (SSSR count). The Balaban J connectivity index is 1.38. The number of aromatic carboxylic acids is 1. The van der Waals surface area contributed by atoms with Crippen LogP contribution in [0.3, 0.4) is 0 Å². The molecule has 0 radical (unpaired) electrons. The highest BCUT2D eigenvalue weighted by Crippen LogP contribution is 2.37. The summed E-state index contributed by atoms with van der Waals surface area (Å²) in [6.07, 6.45) is 3.20. The lowest BCUT2D eigenvalue weighted by atomic mass is 9.86. The first-order valence-corrected chi connectivity index (χ1v) is 14.7. The minimum absolute atomic E-state index is 0.00664. The van der Waals surface area contributed by atoms with Gasteiger partial charge in [0.25, 0.3) is 17.7 Å². The smallest absolute Gasteiger partial charge is 0.335 e. The van der Waals surface area contributed by atoms with E-state index < -0.39 is 29.6 Å². The highest BCUT2D eigenvalue weighted by Gasteiger charge is 2.38. The summed E-state index contributed by atoms with van der Waals surface area (Å²) in [5, 5.41) is 22.4. The number of fused-ring (bicyclic) bond motifs is 1. The molecule has 3 aromatic carbocycles. The van der Waals surface area contributed by atoms with E-state index in [0.29, 0.717) is 23.2 Å². The van der Waals surface area contributed by atoms with Crippen LogP contribution in [0.4, 0.5) is 10.1 Å². The summed E-state index contributed by atoms with van der Waals surface area (Å²) in [4.78, 5) is 57.0. The summed E-state index contributed by atoms with van der Waals surface area (Å²) < 4.78 is 15.8. The Morgan fingerprint density at radius 3 is 2.45 bits per heavy atom. The zero-order valence-corrected chi connectivity index (χ0v) is 25.4. The zero-order chi connectivity index (χ0) is 33.2. The minimum Gasteiger partial charge on any atom is -0.478 e. The van der Waals surface area contributed by atoms with Crippen molar-refractivity contribution < 1.29 is 28.7 Å². The van der Waals surface area contributed by atoms with Crippen LogP contribution in [0.15, 0.2) is 85.2 Å². The second kappa shape index (κ2) is 12.8. The maximum Gasteiger partial charge on any atom is 0.335 e. The van der Waals surface area contributed by atoms with Crippen molar-refractivity contribution in [2.24, 2.45) is 0 Å². The van der Waals surface area contributed by atoms with Gasteiger partial charge in [-0.2, -0.15) is 0 Å². The maximum atomic E-state index is 14.7. The average molecular weight is 654 g/mol. The van der Waals surface area contributed by atoms with Crippen molar-refractivity contribution >= 4 is 41.0 Å². The number of carboxylic acids is 1. The van der Waals surface area contributed by atoms with Gasteiger partial charge in [0, 0.05) is 31.0 Å². The molecule has 0 fully saturated rings. The van der Waals surface area contributed by atoms with Crippen molar-refractivity contribution in [1.82, 2.24) is 30.2 Å². The molecule has 0 saturated carbocycles. The topological polar surface area (TPSA) is 159 Å². The van der Waals surface area contributed by atoms with E-state index in [9.17, 15) is 28.7 Å². The van der Waals surface area contributed by atoms with E-state index >= 15 is 0 Å². The molecule has 47 heavy (non-hydrogen) atoms. The third-order valence-electron chi connectivity index (χ3n) is 7.75. The number of rotatable bonds is 7. The van der Waals surface area contributed by atoms with Crippen LogP contribution in [0.25, 0.3) is 16.8 Å². The van der Waals surface area contributed by atoms with Gasteiger partial charge in [0.2, 0.25) is 0 Å². The second-order valence-electron chi connectivity index (χ2n) is 10.5. The van der Waals surface area contributed by atoms with E-state index in [1.54, 1.807) is 30.5 Å². The summed E-state index contributed by atoms with van der Waals surface area (Å²) in [5.41, 5.74) is 3.32. The number of halogens is 2. The molecule has 236 valence electrons. The van der Waals surface area contributed by atoms with Gasteiger partial charge in [-0.25, -0.2) is 13.9 Å². The average Bonchev–Trinajstić information content (AvgIpc) is 3.58. The lowest BCUT2D eigenvalue weighted by molar-refractivity contribution is -0.121. The van der Waals surface area contributed by atoms with Crippen molar-refractivity contribution in [3.05, 3.63) is 124 Å². The van der Waals surface area contributed by atoms with Crippen LogP contribution in [0, 0.1) is 5.82 Å². The Kier molecular flexibility index (Phi) is 8.46. The molecule has 12 nitrogen and oxygen atoms in total. The highest BCUT2D eigenvalue weighted by molar-refractivity contribution is 6.30. The summed E-state index contributed by atoms with van der Waals surface area (Å²) in [6, 6.07) is 17.6. The highest BCUT2D eigenvalue weighted by atomic mass is 35.5. The van der Waals surface area contributed by atoms with Gasteiger partial charge in [0.15, 0.2) is 11.5 Å². The predicted octanol–water partition coefficient (Wildman–Crippen LogP) is 4.56. The molecule has 0 unspecified atom stereocenters. The van der Waals surface area contributed by atoms with Crippen LogP contribution in [-0.2, 0) is 11.2 Å². The van der Waals surface area contributed by atoms with Crippen LogP contribution in [0.1, 0.15) is 48.5 Å². The molecule has 1 atom stereocenters. The fourth-order valence-electron chi connectivity index (χ4n) is 5.46. The molecular formula is C33H25ClFN7O5. The fourth-order valence-corrected chi connectivity index (χ4v) is 5.63. The van der Waals surface area contributed by atoms with E-state index in [4.69, 9.17) is 11.6 Å². The standard InChI is InChI=1S/C33H25ClFN7O5/c1-36-30(43)25-13-10-19(16-37-25)21-4-2-5-23-22(21)14-15-41(29(23)31(44)38-20-11-8-18(9-12-20)33(46)47)32(45)26-17-42(40-39-26)27-7-3-6-24(34)28(27)35/h2-13,16-17,29H,14-15H2,1H3,(H,36,43)(H,38,44)(H,46,47)/t29-/m1/s1. The number of hydrogen-bond donors (Lipinski definition) is 3. The molecular weight excluding hydrogens is 629 g/mol. The molecule has 0 bridgehead atoms. The van der Waals surface area contributed by atoms with E-state index in [-0.39, 0.29) is 40.1 Å². The molecule has 1 aliphatic rings. The lowest BCUT2D eigenvalue weighted by Crippen LogP contribution is -2.45. The molecule has 0 spiro atoms. The SMILES string of the molecule is CNC(=O)c1ccc(-c2cccc3c2CCN(C(=O)c2cn(-c4cccc(Cl)c4F)nn2)[C@H]3C(=O)Nc2ccc(C(=O)O)cc2)cn1. The van der Waals surface area contributed by atoms with Gasteiger partial charge in [-0.3, -0.25) is 19.4 Å². The Labute approximate surface area is 271 Å². The summed E-state index contributed by atoms with van der Waals surface area (Å²) in [6.45, 7) is 0.112. The van der Waals surface area contributed by atoms with E-state index in [2.05, 4.69) is 25.9 Å². The lowest BCUT2D eigenvalue weighted by Gasteiger charge is -2.37. The number of carboxylic acid groups (broad SMARTS) is 1. The summed E-state index contributed by atoms with van der Waals surface area (Å²) in [7, 11) is 1.51. The molecule has 0 saturated heterocycles. The predicted molar refractivity (Wildman–Crippen MR) is 169 cm³/mol. The molecule has 5 aromatic rings. The number of aromatic nitrogens is 4. The van der Waals surface area contributed by atoms with Crippen molar-refractivity contribution in [3.63, 3.8) is 0 Å². The van der Waals surface area contributed by atoms with Crippen LogP contribution < -0.4 is 10.6 Å². The Morgan fingerprint density at radius 1 is 0.979 bits per heavy atom. The number of carbonyl (C=O) groups excluding carboxylic acids is 3. The number of anilines is 1. The van der Waals surface area contributed by atoms with E-state index in [1.807, 2.05) is 6.07 Å². The molecule has 3 amide bonds. The number of nitrogens with zero attached hydrogens (tertiary/aromatic N) is 5. The van der Waals surface area contributed by atoms with Gasteiger partial charge in [0.1, 0.15) is 17.4 Å². The normalized spacial score (nSPS) is 13.9. The van der Waals surface area contributed by atoms with Gasteiger partial charge < -0.3 is 20.6 Å². The molecule has 1 aliphatic heterocycles. The molecule has 2 aromatic heterocycles. The summed E-state index contributed by atoms with van der Waals surface area (Å²) in [5.74, 6) is -3.35. The number of nitrogens with one attached hydrogen (secondary N) is 2. The monoisotopic (exact) mass is 653 g/mol. The van der Waals surface area contributed by atoms with Crippen molar-refractivity contribution in [1.29, 1.82) is 0 Å². The van der Waals surface area contributed by atoms with Crippen molar-refractivity contribution in [2.75, 3.05) is 18.9 Å². The zero-order valence-electron chi connectivity index (χ0n) is 24.6. The van der Waals surface area contributed by atoms with Gasteiger partial charge in [-0.1, -0.05) is 47.1 Å². The molecule has 0 aliphatic carbocycles. The molecule has 14 heteroatoms. The number of hydrogen-bond acceptors (Lipinski definition) is 7. The van der Waals surface area contributed by atoms with Gasteiger partial charge in [-0.05, 0) is 65.6 Å². The van der Waals surface area contributed by atoms with Crippen molar-refractivity contribution in [3.8, 4) is 16.8 Å². The largest absolute Gasteiger partial charge is 0.478 e. The quantitative estimate of drug-likeness (QED) is 0.231. The van der Waals surface area contributed by atoms with Crippen LogP contribution in [0.5, 0.6) is 0 Å². The first kappa shape index (κ1) is 31.0. The maximum absolute atomic E-state index is 14.7. The Hall–Kier alpha value is -5.95. The third kappa shape index (κ3) is 6.03. The summed E-state index contributed by atoms with van der Waals surface area (Å²) >= 11 is 5.93. The van der Waals surface area contributed by atoms with Crippen LogP contribution in [-0.4, -0.2) is 67.3 Å². The Bertz CT molecular complexity index is 2030. The van der Waals surface area contributed by atoms with Crippen LogP contribution in [0.2, 0.25) is 5.02 Å². The number of carbonyl (C=O) groups is 4. The third-order valence-corrected chi connectivity index (χ3v) is 8.05. The van der Waals surface area contributed by atoms with Crippen LogP contribution >= 0.6 is 11.6 Å². The van der Waals surface area contributed by atoms with Crippen molar-refractivity contribution in [2.45, 2.75) is 12.5 Å². The molecule has 3 heterocycles. The van der Waals surface area contributed by atoms with E-state index in [1.165, 1.54) is 60.6 Å². The van der Waals surface area contributed by atoms with Gasteiger partial charge in [0.05, 0.1) is 16.8 Å². The number of pyridine rings is 1. The Morgan fingerprint density at radius 2 is 1.74 bits per heavy atom. The fraction of sp³-hybridized carbons (Fsp3) is 0.121. The first-order chi connectivity index (χ1) is 22.7. The minimum atomic E-state index is -1.14. The van der Waals surface area contributed by atoms with Gasteiger partial charge in [-0.15, -0.1) is 5.10 Å². The van der Waals surface area contributed by atoms with Gasteiger partial charge >= 0.3 is 5.97 Å². The van der Waals surface area contributed by atoms with E-state index in [0.717, 1.165) is 15.8 Å². The number of benzene rings is 3. The molecule has 3 N–H and O–H groups in total. The number of amides is 3.